The summed E-state index contributed by atoms with van der Waals surface area (Å²) in [4.78, 5) is 32.1. The number of aryl methyl sites for hydroxylation is 1. The average Bonchev–Trinajstić information content (AvgIpc) is 3.16. The van der Waals surface area contributed by atoms with Crippen LogP contribution in [-0.2, 0) is 17.8 Å². The number of anilines is 1. The van der Waals surface area contributed by atoms with E-state index in [4.69, 9.17) is 0 Å². The molecule has 0 spiro atoms. The summed E-state index contributed by atoms with van der Waals surface area (Å²) < 4.78 is 36.9. The van der Waals surface area contributed by atoms with Crippen molar-refractivity contribution in [2.75, 3.05) is 11.4 Å². The van der Waals surface area contributed by atoms with Crippen LogP contribution >= 0.6 is 0 Å². The Kier molecular flexibility index (Phi) is 5.87. The van der Waals surface area contributed by atoms with Crippen LogP contribution < -0.4 is 19.9 Å². The van der Waals surface area contributed by atoms with E-state index in [1.165, 1.54) is 23.1 Å². The highest BCUT2D eigenvalue weighted by Gasteiger charge is 2.43. The van der Waals surface area contributed by atoms with Gasteiger partial charge in [-0.2, -0.15) is 5.10 Å². The van der Waals surface area contributed by atoms with E-state index in [1.807, 2.05) is 31.2 Å². The van der Waals surface area contributed by atoms with Crippen molar-refractivity contribution < 1.29 is 23.0 Å². The lowest BCUT2D eigenvalue weighted by Gasteiger charge is -2.22. The number of carbonyl (C=O) groups excluding carboxylic acids is 1. The number of aromatic nitrogens is 3. The normalized spacial score (nSPS) is 13.7. The molecule has 0 unspecified atom stereocenters. The predicted octanol–water partition coefficient (Wildman–Crippen LogP) is 4.07. The molecular formula is C26H22F2N4O4. The van der Waals surface area contributed by atoms with Crippen LogP contribution in [0.3, 0.4) is 0 Å². The van der Waals surface area contributed by atoms with Crippen molar-refractivity contribution in [3.05, 3.63) is 88.1 Å². The molecule has 2 aromatic carbocycles. The third-order valence-electron chi connectivity index (χ3n) is 5.89. The van der Waals surface area contributed by atoms with Gasteiger partial charge in [0.05, 0.1) is 11.1 Å². The molecule has 10 heteroatoms. The smallest absolute Gasteiger partial charge is 0.395 e. The molecule has 1 amide bonds. The topological polar surface area (TPSA) is 86.6 Å². The Labute approximate surface area is 204 Å². The second-order valence-corrected chi connectivity index (χ2v) is 8.43. The fraction of sp³-hybridized carbons (Fsp3) is 0.231. The molecule has 0 saturated carbocycles. The molecule has 0 N–H and O–H groups in total. The molecule has 3 heterocycles. The molecular weight excluding hydrogens is 470 g/mol. The van der Waals surface area contributed by atoms with Crippen LogP contribution in [0.5, 0.6) is 11.5 Å². The molecule has 0 radical (unpaired) electrons. The zero-order chi connectivity index (χ0) is 25.4. The van der Waals surface area contributed by atoms with Crippen molar-refractivity contribution in [2.24, 2.45) is 0 Å². The average molecular weight is 492 g/mol. The quantitative estimate of drug-likeness (QED) is 0.404. The fourth-order valence-corrected chi connectivity index (χ4v) is 4.23. The molecule has 1 aliphatic rings. The molecule has 0 fully saturated rings. The Bertz CT molecular complexity index is 1520. The lowest BCUT2D eigenvalue weighted by Crippen LogP contribution is -2.37. The molecule has 184 valence electrons. The number of likely N-dealkylation sites (N-methyl/N-ethyl adjacent to an activating group) is 1. The fourth-order valence-electron chi connectivity index (χ4n) is 4.23. The Balaban J connectivity index is 1.49. The van der Waals surface area contributed by atoms with Crippen LogP contribution in [0.25, 0.3) is 10.8 Å². The van der Waals surface area contributed by atoms with E-state index in [0.717, 1.165) is 15.8 Å². The summed E-state index contributed by atoms with van der Waals surface area (Å²) in [5, 5.41) is 5.71. The molecule has 0 saturated heterocycles. The monoisotopic (exact) mass is 492 g/mol. The maximum absolute atomic E-state index is 13.4. The minimum Gasteiger partial charge on any atom is -0.395 e. The zero-order valence-electron chi connectivity index (χ0n) is 19.6. The molecule has 1 aliphatic heterocycles. The highest BCUT2D eigenvalue weighted by Crippen LogP contribution is 2.42. The van der Waals surface area contributed by atoms with Crippen LogP contribution in [0.1, 0.15) is 23.7 Å². The summed E-state index contributed by atoms with van der Waals surface area (Å²) in [6.45, 7) is 3.53. The summed E-state index contributed by atoms with van der Waals surface area (Å²) in [6.07, 6.45) is 0.0712. The number of hydrogen-bond acceptors (Lipinski definition) is 6. The number of amides is 1. The molecule has 8 nitrogen and oxygen atoms in total. The summed E-state index contributed by atoms with van der Waals surface area (Å²) in [5.74, 6) is -0.717. The highest BCUT2D eigenvalue weighted by atomic mass is 19.3. The molecule has 4 aromatic rings. The van der Waals surface area contributed by atoms with Gasteiger partial charge in [0, 0.05) is 42.5 Å². The molecule has 0 atom stereocenters. The van der Waals surface area contributed by atoms with E-state index in [9.17, 15) is 18.4 Å². The number of benzene rings is 2. The van der Waals surface area contributed by atoms with Gasteiger partial charge in [0.25, 0.3) is 5.56 Å². The number of fused-ring (bicyclic) bond motifs is 2. The minimum absolute atomic E-state index is 0.116. The largest absolute Gasteiger partial charge is 0.586 e. The van der Waals surface area contributed by atoms with Crippen molar-refractivity contribution in [2.45, 2.75) is 33.1 Å². The van der Waals surface area contributed by atoms with Crippen LogP contribution in [0.15, 0.2) is 65.7 Å². The molecule has 2 aromatic heterocycles. The van der Waals surface area contributed by atoms with Gasteiger partial charge in [-0.15, -0.1) is 8.78 Å². The highest BCUT2D eigenvalue weighted by molar-refractivity contribution is 5.94. The minimum atomic E-state index is -3.76. The maximum atomic E-state index is 13.4. The van der Waals surface area contributed by atoms with Gasteiger partial charge in [-0.25, -0.2) is 4.68 Å². The maximum Gasteiger partial charge on any atom is 0.586 e. The lowest BCUT2D eigenvalue weighted by molar-refractivity contribution is -0.286. The van der Waals surface area contributed by atoms with Gasteiger partial charge < -0.3 is 14.4 Å². The van der Waals surface area contributed by atoms with Gasteiger partial charge in [0.15, 0.2) is 11.5 Å². The Morgan fingerprint density at radius 2 is 1.89 bits per heavy atom. The molecule has 0 aliphatic carbocycles. The summed E-state index contributed by atoms with van der Waals surface area (Å²) in [5.41, 5.74) is 2.40. The van der Waals surface area contributed by atoms with E-state index in [1.54, 1.807) is 25.4 Å². The number of nitrogens with zero attached hydrogens (tertiary/aromatic N) is 4. The number of carbonyl (C=O) groups is 1. The summed E-state index contributed by atoms with van der Waals surface area (Å²) in [7, 11) is 0. The standard InChI is InChI=1S/C26H22F2N4O4/c1-3-31(18-7-9-22-23(13-18)36-26(27,28)35-22)24(33)15-32-25(34)20-11-16(2)6-8-19(20)21(30-32)12-17-5-4-10-29-14-17/h4-11,13-14H,3,12,15H2,1-2H3. The van der Waals surface area contributed by atoms with Gasteiger partial charge in [0.1, 0.15) is 6.54 Å². The van der Waals surface area contributed by atoms with Crippen LogP contribution in [0, 0.1) is 6.92 Å². The van der Waals surface area contributed by atoms with E-state index in [2.05, 4.69) is 19.6 Å². The van der Waals surface area contributed by atoms with E-state index in [-0.39, 0.29) is 24.6 Å². The first-order chi connectivity index (χ1) is 17.2. The summed E-state index contributed by atoms with van der Waals surface area (Å²) in [6, 6.07) is 13.4. The molecule has 5 rings (SSSR count). The van der Waals surface area contributed by atoms with Crippen LogP contribution in [0.4, 0.5) is 14.5 Å². The van der Waals surface area contributed by atoms with Crippen LogP contribution in [0.2, 0.25) is 0 Å². The SMILES string of the molecule is CCN(C(=O)Cn1nc(Cc2cccnc2)c2ccc(C)cc2c1=O)c1ccc2c(c1)OC(F)(F)O2. The van der Waals surface area contributed by atoms with E-state index >= 15 is 0 Å². The van der Waals surface area contributed by atoms with Crippen molar-refractivity contribution in [1.82, 2.24) is 14.8 Å². The van der Waals surface area contributed by atoms with Gasteiger partial charge >= 0.3 is 6.29 Å². The first-order valence-electron chi connectivity index (χ1n) is 11.3. The molecule has 36 heavy (non-hydrogen) atoms. The van der Waals surface area contributed by atoms with Crippen molar-refractivity contribution in [3.8, 4) is 11.5 Å². The number of hydrogen-bond donors (Lipinski definition) is 0. The number of alkyl halides is 2. The second kappa shape index (κ2) is 9.03. The number of halogens is 2. The van der Waals surface area contributed by atoms with Crippen LogP contribution in [-0.4, -0.2) is 33.5 Å². The number of ether oxygens (including phenoxy) is 2. The van der Waals surface area contributed by atoms with Gasteiger partial charge in [-0.3, -0.25) is 14.6 Å². The summed E-state index contributed by atoms with van der Waals surface area (Å²) >= 11 is 0. The Morgan fingerprint density at radius 3 is 2.64 bits per heavy atom. The first-order valence-corrected chi connectivity index (χ1v) is 11.3. The van der Waals surface area contributed by atoms with Gasteiger partial charge in [0.2, 0.25) is 5.91 Å². The third-order valence-corrected chi connectivity index (χ3v) is 5.89. The van der Waals surface area contributed by atoms with Gasteiger partial charge in [-0.05, 0) is 43.7 Å². The second-order valence-electron chi connectivity index (χ2n) is 8.43. The Hall–Kier alpha value is -4.34. The van der Waals surface area contributed by atoms with Crippen molar-refractivity contribution in [1.29, 1.82) is 0 Å². The van der Waals surface area contributed by atoms with E-state index in [0.29, 0.717) is 28.6 Å². The first kappa shape index (κ1) is 23.4. The Morgan fingerprint density at radius 1 is 1.08 bits per heavy atom. The van der Waals surface area contributed by atoms with Gasteiger partial charge in [-0.1, -0.05) is 23.8 Å². The predicted molar refractivity (Wildman–Crippen MR) is 128 cm³/mol. The van der Waals surface area contributed by atoms with E-state index < -0.39 is 17.8 Å². The number of pyridine rings is 1. The number of rotatable bonds is 6. The van der Waals surface area contributed by atoms with Crippen molar-refractivity contribution in [3.63, 3.8) is 0 Å². The lowest BCUT2D eigenvalue weighted by atomic mass is 10.0. The van der Waals surface area contributed by atoms with Crippen molar-refractivity contribution >= 4 is 22.4 Å². The molecule has 0 bridgehead atoms. The zero-order valence-corrected chi connectivity index (χ0v) is 19.6. The third kappa shape index (κ3) is 4.49.